The molecule has 1 aromatic rings. The van der Waals surface area contributed by atoms with Crippen LogP contribution in [0, 0.1) is 0 Å². The summed E-state index contributed by atoms with van der Waals surface area (Å²) in [5.41, 5.74) is 2.76. The smallest absolute Gasteiger partial charge is 0.410 e. The van der Waals surface area contributed by atoms with E-state index in [2.05, 4.69) is 23.7 Å². The number of nitrogens with zero attached hydrogens (tertiary/aromatic N) is 4. The molecule has 8 heteroatoms. The summed E-state index contributed by atoms with van der Waals surface area (Å²) in [4.78, 5) is 35.5. The van der Waals surface area contributed by atoms with E-state index in [0.29, 0.717) is 32.0 Å². The molecule has 0 saturated carbocycles. The van der Waals surface area contributed by atoms with Gasteiger partial charge in [0.2, 0.25) is 5.91 Å². The van der Waals surface area contributed by atoms with Crippen molar-refractivity contribution in [3.8, 4) is 0 Å². The number of carbonyl (C=O) groups excluding carboxylic acids is 2. The van der Waals surface area contributed by atoms with Crippen LogP contribution in [-0.2, 0) is 16.0 Å². The molecule has 3 fully saturated rings. The number of thiazole rings is 1. The molecule has 0 aromatic carbocycles. The van der Waals surface area contributed by atoms with Crippen molar-refractivity contribution < 1.29 is 14.3 Å². The molecule has 3 aliphatic rings. The quantitative estimate of drug-likeness (QED) is 0.767. The minimum Gasteiger partial charge on any atom is -0.442 e. The molecule has 4 rings (SSSR count). The van der Waals surface area contributed by atoms with Crippen LogP contribution in [0.2, 0.25) is 0 Å². The number of ether oxygens (including phenoxy) is 1. The normalized spacial score (nSPS) is 26.7. The fraction of sp³-hybridized carbons (Fsp3) is 0.737. The molecule has 0 N–H and O–H groups in total. The highest BCUT2D eigenvalue weighted by Crippen LogP contribution is 2.32. The average molecular weight is 393 g/mol. The molecule has 3 aliphatic heterocycles. The molecule has 0 spiro atoms. The number of rotatable bonds is 5. The number of piperidine rings is 1. The third kappa shape index (κ3) is 3.82. The van der Waals surface area contributed by atoms with Crippen molar-refractivity contribution in [2.75, 3.05) is 26.2 Å². The van der Waals surface area contributed by atoms with Gasteiger partial charge in [-0.3, -0.25) is 9.69 Å². The molecule has 2 amide bonds. The molecular weight excluding hydrogens is 364 g/mol. The average Bonchev–Trinajstić information content (AvgIpc) is 3.36. The Morgan fingerprint density at radius 1 is 1.33 bits per heavy atom. The first kappa shape index (κ1) is 18.7. The summed E-state index contributed by atoms with van der Waals surface area (Å²) >= 11 is 1.55. The van der Waals surface area contributed by atoms with Crippen molar-refractivity contribution in [3.63, 3.8) is 0 Å². The molecule has 0 bridgehead atoms. The Bertz CT molecular complexity index is 673. The van der Waals surface area contributed by atoms with Gasteiger partial charge in [-0.05, 0) is 33.1 Å². The minimum absolute atomic E-state index is 0.0105. The van der Waals surface area contributed by atoms with Crippen molar-refractivity contribution in [1.29, 1.82) is 0 Å². The summed E-state index contributed by atoms with van der Waals surface area (Å²) in [7, 11) is 0. The van der Waals surface area contributed by atoms with Crippen molar-refractivity contribution >= 4 is 23.3 Å². The Morgan fingerprint density at radius 3 is 2.78 bits per heavy atom. The van der Waals surface area contributed by atoms with E-state index in [0.717, 1.165) is 31.6 Å². The predicted octanol–water partition coefficient (Wildman–Crippen LogP) is 1.98. The summed E-state index contributed by atoms with van der Waals surface area (Å²) in [5.74, 6) is 0.128. The number of hydrogen-bond acceptors (Lipinski definition) is 6. The first-order valence-electron chi connectivity index (χ1n) is 9.90. The Morgan fingerprint density at radius 2 is 2.11 bits per heavy atom. The van der Waals surface area contributed by atoms with Crippen LogP contribution in [-0.4, -0.2) is 82.1 Å². The monoisotopic (exact) mass is 392 g/mol. The van der Waals surface area contributed by atoms with Gasteiger partial charge in [0.25, 0.3) is 0 Å². The van der Waals surface area contributed by atoms with Crippen LogP contribution in [0.3, 0.4) is 0 Å². The molecule has 1 aromatic heterocycles. The van der Waals surface area contributed by atoms with Gasteiger partial charge in [0, 0.05) is 43.5 Å². The van der Waals surface area contributed by atoms with Crippen molar-refractivity contribution in [1.82, 2.24) is 19.7 Å². The van der Waals surface area contributed by atoms with Gasteiger partial charge in [-0.2, -0.15) is 0 Å². The fourth-order valence-corrected chi connectivity index (χ4v) is 5.12. The van der Waals surface area contributed by atoms with E-state index in [1.807, 2.05) is 15.2 Å². The highest BCUT2D eigenvalue weighted by Gasteiger charge is 2.51. The molecule has 7 nitrogen and oxygen atoms in total. The fourth-order valence-electron chi connectivity index (χ4n) is 4.52. The molecule has 0 aliphatic carbocycles. The third-order valence-corrected chi connectivity index (χ3v) is 6.75. The number of aryl methyl sites for hydroxylation is 1. The van der Waals surface area contributed by atoms with Gasteiger partial charge < -0.3 is 14.5 Å². The predicted molar refractivity (Wildman–Crippen MR) is 103 cm³/mol. The summed E-state index contributed by atoms with van der Waals surface area (Å²) < 4.78 is 5.63. The van der Waals surface area contributed by atoms with E-state index in [-0.39, 0.29) is 30.2 Å². The molecule has 4 heterocycles. The maximum atomic E-state index is 12.6. The topological polar surface area (TPSA) is 66.0 Å². The van der Waals surface area contributed by atoms with Crippen LogP contribution in [0.1, 0.15) is 38.8 Å². The van der Waals surface area contributed by atoms with E-state index < -0.39 is 0 Å². The van der Waals surface area contributed by atoms with Crippen LogP contribution in [0.25, 0.3) is 0 Å². The molecule has 2 atom stereocenters. The molecular formula is C19H28N4O3S. The van der Waals surface area contributed by atoms with E-state index in [9.17, 15) is 9.59 Å². The third-order valence-electron chi connectivity index (χ3n) is 6.11. The standard InChI is InChI=1S/C19H28N4O3S/c1-13(2)21-7-5-15(6-8-21)23-16-9-22(10-17(16)26-19(23)25)18(24)4-3-14-11-27-12-20-14/h11-13,15-17H,3-10H2,1-2H3/t16-,17+/m1/s1. The van der Waals surface area contributed by atoms with Gasteiger partial charge in [0.05, 0.1) is 23.8 Å². The summed E-state index contributed by atoms with van der Waals surface area (Å²) in [6.07, 6.45) is 2.73. The Hall–Kier alpha value is -1.67. The van der Waals surface area contributed by atoms with E-state index >= 15 is 0 Å². The van der Waals surface area contributed by atoms with E-state index in [4.69, 9.17) is 4.74 Å². The van der Waals surface area contributed by atoms with Crippen molar-refractivity contribution in [3.05, 3.63) is 16.6 Å². The van der Waals surface area contributed by atoms with Gasteiger partial charge in [-0.25, -0.2) is 9.78 Å². The molecule has 0 unspecified atom stereocenters. The maximum absolute atomic E-state index is 12.6. The van der Waals surface area contributed by atoms with Gasteiger partial charge in [-0.15, -0.1) is 11.3 Å². The van der Waals surface area contributed by atoms with Gasteiger partial charge >= 0.3 is 6.09 Å². The largest absolute Gasteiger partial charge is 0.442 e. The number of carbonyl (C=O) groups is 2. The lowest BCUT2D eigenvalue weighted by Crippen LogP contribution is -2.51. The van der Waals surface area contributed by atoms with Gasteiger partial charge in [-0.1, -0.05) is 0 Å². The highest BCUT2D eigenvalue weighted by molar-refractivity contribution is 7.07. The van der Waals surface area contributed by atoms with Crippen molar-refractivity contribution in [2.24, 2.45) is 0 Å². The van der Waals surface area contributed by atoms with Crippen LogP contribution in [0.4, 0.5) is 4.79 Å². The minimum atomic E-state index is -0.192. The molecule has 148 valence electrons. The van der Waals surface area contributed by atoms with Crippen molar-refractivity contribution in [2.45, 2.75) is 63.8 Å². The van der Waals surface area contributed by atoms with Gasteiger partial charge in [0.1, 0.15) is 6.10 Å². The zero-order valence-corrected chi connectivity index (χ0v) is 16.9. The van der Waals surface area contributed by atoms with Crippen LogP contribution in [0.15, 0.2) is 10.9 Å². The van der Waals surface area contributed by atoms with E-state index in [1.165, 1.54) is 0 Å². The number of fused-ring (bicyclic) bond motifs is 1. The lowest BCUT2D eigenvalue weighted by Gasteiger charge is -2.39. The zero-order valence-electron chi connectivity index (χ0n) is 16.0. The summed E-state index contributed by atoms with van der Waals surface area (Å²) in [6, 6.07) is 0.783. The second-order valence-corrected chi connectivity index (χ2v) is 8.75. The first-order chi connectivity index (χ1) is 13.0. The zero-order chi connectivity index (χ0) is 19.0. The van der Waals surface area contributed by atoms with Crippen LogP contribution < -0.4 is 0 Å². The van der Waals surface area contributed by atoms with Gasteiger partial charge in [0.15, 0.2) is 0 Å². The maximum Gasteiger partial charge on any atom is 0.410 e. The molecule has 0 radical (unpaired) electrons. The second-order valence-electron chi connectivity index (χ2n) is 8.04. The number of amides is 2. The van der Waals surface area contributed by atoms with Crippen LogP contribution >= 0.6 is 11.3 Å². The number of aromatic nitrogens is 1. The Balaban J connectivity index is 1.33. The molecule has 27 heavy (non-hydrogen) atoms. The lowest BCUT2D eigenvalue weighted by atomic mass is 10.0. The summed E-state index contributed by atoms with van der Waals surface area (Å²) in [5, 5.41) is 1.99. The SMILES string of the molecule is CC(C)N1CCC(N2C(=O)O[C@H]3CN(C(=O)CCc4cscn4)C[C@H]32)CC1. The second kappa shape index (κ2) is 7.75. The van der Waals surface area contributed by atoms with Crippen LogP contribution in [0.5, 0.6) is 0 Å². The lowest BCUT2D eigenvalue weighted by molar-refractivity contribution is -0.130. The number of likely N-dealkylation sites (tertiary alicyclic amines) is 2. The van der Waals surface area contributed by atoms with E-state index in [1.54, 1.807) is 16.8 Å². The Labute approximate surface area is 164 Å². The first-order valence-corrected chi connectivity index (χ1v) is 10.8. The summed E-state index contributed by atoms with van der Waals surface area (Å²) in [6.45, 7) is 7.57. The number of hydrogen-bond donors (Lipinski definition) is 0. The molecule has 3 saturated heterocycles. The highest BCUT2D eigenvalue weighted by atomic mass is 32.1. The Kier molecular flexibility index (Phi) is 5.36.